The zero-order chi connectivity index (χ0) is 15.9. The van der Waals surface area contributed by atoms with Crippen molar-refractivity contribution in [2.75, 3.05) is 0 Å². The fourth-order valence-corrected chi connectivity index (χ4v) is 1.58. The number of carbonyl (C=O) groups is 2. The van der Waals surface area contributed by atoms with Crippen molar-refractivity contribution in [2.45, 2.75) is 38.8 Å². The first kappa shape index (κ1) is 16.8. The molecule has 0 unspecified atom stereocenters. The van der Waals surface area contributed by atoms with Crippen LogP contribution in [0, 0.1) is 0 Å². The summed E-state index contributed by atoms with van der Waals surface area (Å²) in [6.45, 7) is 5.16. The molecule has 0 aliphatic carbocycles. The smallest absolute Gasteiger partial charge is 0.408 e. The van der Waals surface area contributed by atoms with Gasteiger partial charge in [0, 0.05) is 0 Å². The third-order valence-corrected chi connectivity index (χ3v) is 2.47. The number of carbonyl (C=O) groups excluding carboxylic acids is 1. The van der Waals surface area contributed by atoms with Gasteiger partial charge in [-0.15, -0.1) is 0 Å². The molecule has 0 bridgehead atoms. The number of hydrogen-bond donors (Lipinski definition) is 2. The van der Waals surface area contributed by atoms with Crippen LogP contribution in [0.15, 0.2) is 36.4 Å². The molecule has 0 radical (unpaired) electrons. The van der Waals surface area contributed by atoms with Crippen LogP contribution in [0.3, 0.4) is 0 Å². The Hall–Kier alpha value is -2.30. The van der Waals surface area contributed by atoms with Gasteiger partial charge in [-0.1, -0.05) is 42.5 Å². The fraction of sp³-hybridized carbons (Fsp3) is 0.375. The molecule has 21 heavy (non-hydrogen) atoms. The van der Waals surface area contributed by atoms with Gasteiger partial charge < -0.3 is 15.2 Å². The van der Waals surface area contributed by atoms with Gasteiger partial charge in [0.1, 0.15) is 11.6 Å². The Labute approximate surface area is 124 Å². The highest BCUT2D eigenvalue weighted by Gasteiger charge is 2.22. The van der Waals surface area contributed by atoms with E-state index in [1.54, 1.807) is 26.8 Å². The lowest BCUT2D eigenvalue weighted by Gasteiger charge is -2.21. The predicted molar refractivity (Wildman–Crippen MR) is 80.9 cm³/mol. The maximum absolute atomic E-state index is 11.6. The van der Waals surface area contributed by atoms with E-state index in [-0.39, 0.29) is 6.42 Å². The summed E-state index contributed by atoms with van der Waals surface area (Å²) in [5.74, 6) is -1.10. The second kappa shape index (κ2) is 7.47. The third-order valence-electron chi connectivity index (χ3n) is 2.47. The van der Waals surface area contributed by atoms with Crippen LogP contribution in [0.1, 0.15) is 32.8 Å². The van der Waals surface area contributed by atoms with Gasteiger partial charge in [-0.3, -0.25) is 0 Å². The van der Waals surface area contributed by atoms with Crippen molar-refractivity contribution in [3.05, 3.63) is 42.0 Å². The van der Waals surface area contributed by atoms with Gasteiger partial charge in [0.2, 0.25) is 0 Å². The van der Waals surface area contributed by atoms with E-state index in [0.29, 0.717) is 0 Å². The zero-order valence-corrected chi connectivity index (χ0v) is 12.5. The van der Waals surface area contributed by atoms with Gasteiger partial charge >= 0.3 is 12.1 Å². The number of carboxylic acids is 1. The van der Waals surface area contributed by atoms with Crippen molar-refractivity contribution in [1.29, 1.82) is 0 Å². The minimum atomic E-state index is -1.10. The summed E-state index contributed by atoms with van der Waals surface area (Å²) in [7, 11) is 0. The molecule has 1 rings (SSSR count). The number of nitrogens with one attached hydrogen (secondary N) is 1. The summed E-state index contributed by atoms with van der Waals surface area (Å²) < 4.78 is 5.05. The van der Waals surface area contributed by atoms with Crippen LogP contribution < -0.4 is 5.32 Å². The monoisotopic (exact) mass is 291 g/mol. The minimum Gasteiger partial charge on any atom is -0.480 e. The number of carboxylic acid groups (broad SMARTS) is 1. The summed E-state index contributed by atoms with van der Waals surface area (Å²) in [5.41, 5.74) is 0.312. The number of aliphatic carboxylic acids is 1. The zero-order valence-electron chi connectivity index (χ0n) is 12.5. The van der Waals surface area contributed by atoms with Crippen molar-refractivity contribution < 1.29 is 19.4 Å². The van der Waals surface area contributed by atoms with E-state index in [1.165, 1.54) is 0 Å². The molecule has 5 heteroatoms. The van der Waals surface area contributed by atoms with Crippen molar-refractivity contribution in [3.63, 3.8) is 0 Å². The molecule has 0 spiro atoms. The first-order chi connectivity index (χ1) is 9.78. The normalized spacial score (nSPS) is 12.9. The van der Waals surface area contributed by atoms with Crippen LogP contribution in [0.25, 0.3) is 6.08 Å². The third kappa shape index (κ3) is 7.15. The fourth-order valence-electron chi connectivity index (χ4n) is 1.58. The molecular formula is C16H21NO4. The van der Waals surface area contributed by atoms with E-state index in [0.717, 1.165) is 5.56 Å². The second-order valence-electron chi connectivity index (χ2n) is 5.59. The summed E-state index contributed by atoms with van der Waals surface area (Å²) in [5, 5.41) is 11.5. The van der Waals surface area contributed by atoms with E-state index in [2.05, 4.69) is 5.32 Å². The van der Waals surface area contributed by atoms with E-state index in [1.807, 2.05) is 36.4 Å². The number of ether oxygens (including phenoxy) is 1. The molecule has 0 fully saturated rings. The van der Waals surface area contributed by atoms with Crippen molar-refractivity contribution >= 4 is 18.1 Å². The standard InChI is InChI=1S/C16H21NO4/c1-16(2,3)21-15(20)17-13(14(18)19)11-7-10-12-8-5-4-6-9-12/h4-10,13H,11H2,1-3H3,(H,17,20)(H,18,19)/t13-/m1/s1. The average molecular weight is 291 g/mol. The number of rotatable bonds is 5. The molecular weight excluding hydrogens is 270 g/mol. The van der Waals surface area contributed by atoms with Gasteiger partial charge in [0.25, 0.3) is 0 Å². The van der Waals surface area contributed by atoms with Gasteiger partial charge in [-0.2, -0.15) is 0 Å². The average Bonchev–Trinajstić information content (AvgIpc) is 2.36. The summed E-state index contributed by atoms with van der Waals surface area (Å²) in [6, 6.07) is 8.50. The number of hydrogen-bond acceptors (Lipinski definition) is 3. The van der Waals surface area contributed by atoms with Crippen LogP contribution in [-0.4, -0.2) is 28.8 Å². The van der Waals surface area contributed by atoms with Gasteiger partial charge in [-0.25, -0.2) is 9.59 Å². The molecule has 5 nitrogen and oxygen atoms in total. The maximum atomic E-state index is 11.6. The Morgan fingerprint density at radius 3 is 2.43 bits per heavy atom. The summed E-state index contributed by atoms with van der Waals surface area (Å²) in [4.78, 5) is 22.7. The van der Waals surface area contributed by atoms with Crippen LogP contribution in [0.5, 0.6) is 0 Å². The SMILES string of the molecule is CC(C)(C)OC(=O)N[C@H](CC=Cc1ccccc1)C(=O)O. The topological polar surface area (TPSA) is 75.6 Å². The van der Waals surface area contributed by atoms with Crippen LogP contribution in [0.2, 0.25) is 0 Å². The number of alkyl carbamates (subject to hydrolysis) is 1. The summed E-state index contributed by atoms with van der Waals surface area (Å²) >= 11 is 0. The first-order valence-corrected chi connectivity index (χ1v) is 6.72. The molecule has 0 aromatic heterocycles. The van der Waals surface area contributed by atoms with Crippen molar-refractivity contribution in [1.82, 2.24) is 5.32 Å². The molecule has 1 amide bonds. The molecule has 1 aromatic carbocycles. The molecule has 0 aliphatic rings. The largest absolute Gasteiger partial charge is 0.480 e. The molecule has 1 aromatic rings. The van der Waals surface area contributed by atoms with Crippen LogP contribution >= 0.6 is 0 Å². The predicted octanol–water partition coefficient (Wildman–Crippen LogP) is 3.07. The van der Waals surface area contributed by atoms with E-state index < -0.39 is 23.7 Å². The molecule has 0 aliphatic heterocycles. The van der Waals surface area contributed by atoms with Gasteiger partial charge in [0.05, 0.1) is 0 Å². The van der Waals surface area contributed by atoms with Crippen LogP contribution in [-0.2, 0) is 9.53 Å². The lowest BCUT2D eigenvalue weighted by Crippen LogP contribution is -2.43. The lowest BCUT2D eigenvalue weighted by atomic mass is 10.1. The number of benzene rings is 1. The highest BCUT2D eigenvalue weighted by atomic mass is 16.6. The van der Waals surface area contributed by atoms with Gasteiger partial charge in [0.15, 0.2) is 0 Å². The molecule has 114 valence electrons. The highest BCUT2D eigenvalue weighted by Crippen LogP contribution is 2.08. The Bertz CT molecular complexity index is 503. The Morgan fingerprint density at radius 1 is 1.29 bits per heavy atom. The lowest BCUT2D eigenvalue weighted by molar-refractivity contribution is -0.139. The van der Waals surface area contributed by atoms with Crippen molar-refractivity contribution in [3.8, 4) is 0 Å². The van der Waals surface area contributed by atoms with Crippen molar-refractivity contribution in [2.24, 2.45) is 0 Å². The first-order valence-electron chi connectivity index (χ1n) is 6.72. The van der Waals surface area contributed by atoms with E-state index in [4.69, 9.17) is 9.84 Å². The molecule has 0 heterocycles. The quantitative estimate of drug-likeness (QED) is 0.874. The van der Waals surface area contributed by atoms with Gasteiger partial charge in [-0.05, 0) is 32.8 Å². The Balaban J connectivity index is 2.56. The van der Waals surface area contributed by atoms with Crippen LogP contribution in [0.4, 0.5) is 4.79 Å². The Kier molecular flexibility index (Phi) is 5.96. The highest BCUT2D eigenvalue weighted by molar-refractivity contribution is 5.80. The van der Waals surface area contributed by atoms with E-state index >= 15 is 0 Å². The molecule has 1 atom stereocenters. The maximum Gasteiger partial charge on any atom is 0.408 e. The van der Waals surface area contributed by atoms with E-state index in [9.17, 15) is 9.59 Å². The number of amides is 1. The molecule has 2 N–H and O–H groups in total. The minimum absolute atomic E-state index is 0.184. The molecule has 0 saturated heterocycles. The summed E-state index contributed by atoms with van der Waals surface area (Å²) in [6.07, 6.45) is 2.98. The second-order valence-corrected chi connectivity index (χ2v) is 5.59. The molecule has 0 saturated carbocycles. The Morgan fingerprint density at radius 2 is 1.90 bits per heavy atom.